The summed E-state index contributed by atoms with van der Waals surface area (Å²) in [6.07, 6.45) is 2.23. The molecular weight excluding hydrogens is 292 g/mol. The summed E-state index contributed by atoms with van der Waals surface area (Å²) in [5, 5.41) is 3.02. The number of amides is 1. The van der Waals surface area contributed by atoms with Crippen molar-refractivity contribution in [1.29, 1.82) is 0 Å². The lowest BCUT2D eigenvalue weighted by molar-refractivity contribution is 0.0939. The third kappa shape index (κ3) is 3.48. The number of nitrogens with one attached hydrogen (secondary N) is 2. The first-order valence-electron chi connectivity index (χ1n) is 8.50. The van der Waals surface area contributed by atoms with E-state index in [-0.39, 0.29) is 11.7 Å². The van der Waals surface area contributed by atoms with Gasteiger partial charge in [-0.2, -0.15) is 0 Å². The zero-order valence-electron chi connectivity index (χ0n) is 14.1. The fourth-order valence-electron chi connectivity index (χ4n) is 3.51. The van der Waals surface area contributed by atoms with Crippen molar-refractivity contribution in [2.24, 2.45) is 0 Å². The van der Waals surface area contributed by atoms with E-state index in [0.717, 1.165) is 56.8 Å². The predicted molar refractivity (Wildman–Crippen MR) is 89.1 cm³/mol. The van der Waals surface area contributed by atoms with Crippen LogP contribution < -0.4 is 5.32 Å². The van der Waals surface area contributed by atoms with E-state index >= 15 is 0 Å². The van der Waals surface area contributed by atoms with E-state index in [1.807, 2.05) is 6.92 Å². The molecular formula is C17H26N4O2. The number of carbonyl (C=O) groups is 2. The number of likely N-dealkylation sites (N-methyl/N-ethyl adjacent to an activating group) is 1. The van der Waals surface area contributed by atoms with Crippen LogP contribution in [0.1, 0.15) is 44.9 Å². The zero-order chi connectivity index (χ0) is 16.4. The van der Waals surface area contributed by atoms with Crippen LogP contribution in [0.3, 0.4) is 0 Å². The second-order valence-corrected chi connectivity index (χ2v) is 6.66. The second-order valence-electron chi connectivity index (χ2n) is 6.66. The van der Waals surface area contributed by atoms with Gasteiger partial charge in [-0.25, -0.2) is 0 Å². The first-order chi connectivity index (χ1) is 11.1. The Morgan fingerprint density at radius 1 is 1.22 bits per heavy atom. The number of hydrogen-bond donors (Lipinski definition) is 2. The van der Waals surface area contributed by atoms with Crippen molar-refractivity contribution in [3.05, 3.63) is 22.5 Å². The van der Waals surface area contributed by atoms with Gasteiger partial charge in [0, 0.05) is 51.4 Å². The highest BCUT2D eigenvalue weighted by Gasteiger charge is 2.27. The van der Waals surface area contributed by atoms with Crippen molar-refractivity contribution in [3.63, 3.8) is 0 Å². The summed E-state index contributed by atoms with van der Waals surface area (Å²) in [6, 6.07) is 0. The normalized spacial score (nSPS) is 19.7. The Labute approximate surface area is 137 Å². The number of rotatable bonds is 4. The number of hydrogen-bond acceptors (Lipinski definition) is 4. The summed E-state index contributed by atoms with van der Waals surface area (Å²) in [5.41, 5.74) is 3.06. The smallest absolute Gasteiger partial charge is 0.253 e. The Balaban J connectivity index is 1.58. The summed E-state index contributed by atoms with van der Waals surface area (Å²) in [7, 11) is 2.14. The average molecular weight is 318 g/mol. The number of H-pyrrole nitrogens is 1. The molecule has 1 aromatic rings. The van der Waals surface area contributed by atoms with Crippen molar-refractivity contribution in [2.75, 3.05) is 46.3 Å². The number of aromatic nitrogens is 1. The molecule has 0 saturated carbocycles. The molecule has 0 bridgehead atoms. The number of Topliss-reactive ketones (excluding diaryl/α,β-unsaturated/α-hetero) is 1. The number of ketones is 1. The maximum absolute atomic E-state index is 12.5. The Bertz CT molecular complexity index is 600. The Morgan fingerprint density at radius 2 is 1.96 bits per heavy atom. The van der Waals surface area contributed by atoms with E-state index < -0.39 is 0 Å². The van der Waals surface area contributed by atoms with Gasteiger partial charge in [-0.1, -0.05) is 0 Å². The summed E-state index contributed by atoms with van der Waals surface area (Å²) in [6.45, 7) is 7.68. The standard InChI is InChI=1S/C17H26N4O2/c1-12-15(13-4-3-5-14(22)16(13)19-12)17(23)18-6-7-21-10-8-20(2)9-11-21/h19H,3-11H2,1-2H3,(H,18,23). The summed E-state index contributed by atoms with van der Waals surface area (Å²) < 4.78 is 0. The Morgan fingerprint density at radius 3 is 2.70 bits per heavy atom. The second kappa shape index (κ2) is 6.84. The quantitative estimate of drug-likeness (QED) is 0.862. The van der Waals surface area contributed by atoms with Crippen molar-refractivity contribution in [1.82, 2.24) is 20.1 Å². The molecule has 1 fully saturated rings. The van der Waals surface area contributed by atoms with Crippen LogP contribution in [-0.4, -0.2) is 72.8 Å². The number of nitrogens with zero attached hydrogens (tertiary/aromatic N) is 2. The first-order valence-corrected chi connectivity index (χ1v) is 8.50. The third-order valence-corrected chi connectivity index (χ3v) is 4.94. The van der Waals surface area contributed by atoms with E-state index in [1.165, 1.54) is 0 Å². The molecule has 2 aliphatic rings. The summed E-state index contributed by atoms with van der Waals surface area (Å²) >= 11 is 0. The lowest BCUT2D eigenvalue weighted by Crippen LogP contribution is -2.47. The van der Waals surface area contributed by atoms with Gasteiger partial charge in [0.1, 0.15) is 0 Å². The first kappa shape index (κ1) is 16.2. The maximum atomic E-state index is 12.5. The fraction of sp³-hybridized carbons (Fsp3) is 0.647. The molecule has 1 saturated heterocycles. The maximum Gasteiger partial charge on any atom is 0.253 e. The van der Waals surface area contributed by atoms with Crippen LogP contribution in [0.15, 0.2) is 0 Å². The van der Waals surface area contributed by atoms with Gasteiger partial charge in [0.2, 0.25) is 0 Å². The zero-order valence-corrected chi connectivity index (χ0v) is 14.1. The molecule has 0 unspecified atom stereocenters. The van der Waals surface area contributed by atoms with Crippen LogP contribution >= 0.6 is 0 Å². The minimum atomic E-state index is -0.0520. The Kier molecular flexibility index (Phi) is 4.82. The Hall–Kier alpha value is -1.66. The minimum Gasteiger partial charge on any atom is -0.355 e. The third-order valence-electron chi connectivity index (χ3n) is 4.94. The van der Waals surface area contributed by atoms with Crippen LogP contribution in [0.5, 0.6) is 0 Å². The number of carbonyl (C=O) groups excluding carboxylic acids is 2. The van der Waals surface area contributed by atoms with Crippen LogP contribution in [0.2, 0.25) is 0 Å². The molecule has 0 atom stereocenters. The predicted octanol–water partition coefficient (Wildman–Crippen LogP) is 0.819. The molecule has 2 heterocycles. The number of aryl methyl sites for hydroxylation is 1. The lowest BCUT2D eigenvalue weighted by Gasteiger charge is -2.32. The molecule has 126 valence electrons. The van der Waals surface area contributed by atoms with Gasteiger partial charge < -0.3 is 15.2 Å². The number of fused-ring (bicyclic) bond motifs is 1. The molecule has 1 aromatic heterocycles. The molecule has 2 N–H and O–H groups in total. The monoisotopic (exact) mass is 318 g/mol. The van der Waals surface area contributed by atoms with Gasteiger partial charge in [-0.05, 0) is 32.4 Å². The molecule has 3 rings (SSSR count). The van der Waals surface area contributed by atoms with Gasteiger partial charge in [-0.15, -0.1) is 0 Å². The van der Waals surface area contributed by atoms with Gasteiger partial charge in [0.05, 0.1) is 11.3 Å². The summed E-state index contributed by atoms with van der Waals surface area (Å²) in [5.74, 6) is 0.0784. The molecule has 0 spiro atoms. The van der Waals surface area contributed by atoms with E-state index in [0.29, 0.717) is 24.2 Å². The molecule has 1 amide bonds. The van der Waals surface area contributed by atoms with Gasteiger partial charge in [0.25, 0.3) is 5.91 Å². The minimum absolute atomic E-state index is 0.0520. The molecule has 0 aromatic carbocycles. The van der Waals surface area contributed by atoms with Crippen molar-refractivity contribution in [3.8, 4) is 0 Å². The van der Waals surface area contributed by atoms with Crippen molar-refractivity contribution < 1.29 is 9.59 Å². The van der Waals surface area contributed by atoms with Gasteiger partial charge in [0.15, 0.2) is 5.78 Å². The molecule has 6 heteroatoms. The molecule has 6 nitrogen and oxygen atoms in total. The highest BCUT2D eigenvalue weighted by Crippen LogP contribution is 2.26. The summed E-state index contributed by atoms with van der Waals surface area (Å²) in [4.78, 5) is 32.3. The fourth-order valence-corrected chi connectivity index (χ4v) is 3.51. The van der Waals surface area contributed by atoms with Crippen molar-refractivity contribution >= 4 is 11.7 Å². The largest absolute Gasteiger partial charge is 0.355 e. The average Bonchev–Trinajstić information content (AvgIpc) is 2.87. The van der Waals surface area contributed by atoms with Crippen LogP contribution in [-0.2, 0) is 6.42 Å². The molecule has 0 radical (unpaired) electrons. The van der Waals surface area contributed by atoms with E-state index in [4.69, 9.17) is 0 Å². The lowest BCUT2D eigenvalue weighted by atomic mass is 9.93. The number of aromatic amines is 1. The topological polar surface area (TPSA) is 68.4 Å². The highest BCUT2D eigenvalue weighted by atomic mass is 16.1. The highest BCUT2D eigenvalue weighted by molar-refractivity contribution is 6.04. The molecule has 23 heavy (non-hydrogen) atoms. The van der Waals surface area contributed by atoms with Gasteiger partial charge in [-0.3, -0.25) is 14.5 Å². The molecule has 1 aliphatic heterocycles. The number of piperazine rings is 1. The van der Waals surface area contributed by atoms with Crippen LogP contribution in [0.25, 0.3) is 0 Å². The van der Waals surface area contributed by atoms with E-state index in [1.54, 1.807) is 0 Å². The van der Waals surface area contributed by atoms with E-state index in [2.05, 4.69) is 27.1 Å². The molecule has 1 aliphatic carbocycles. The van der Waals surface area contributed by atoms with Crippen LogP contribution in [0, 0.1) is 6.92 Å². The van der Waals surface area contributed by atoms with Crippen molar-refractivity contribution in [2.45, 2.75) is 26.2 Å². The van der Waals surface area contributed by atoms with E-state index in [9.17, 15) is 9.59 Å². The van der Waals surface area contributed by atoms with Crippen LogP contribution in [0.4, 0.5) is 0 Å². The van der Waals surface area contributed by atoms with Gasteiger partial charge >= 0.3 is 0 Å². The SMILES string of the molecule is Cc1[nH]c2c(c1C(=O)NCCN1CCN(C)CC1)CCCC2=O.